The minimum absolute atomic E-state index is 0.0960. The van der Waals surface area contributed by atoms with E-state index in [2.05, 4.69) is 20.6 Å². The molecular weight excluding hydrogens is 604 g/mol. The van der Waals surface area contributed by atoms with Gasteiger partial charge in [0.25, 0.3) is 0 Å². The Hall–Kier alpha value is -2.96. The number of nitrogens with one attached hydrogen (secondary N) is 2. The number of nitrogens with two attached hydrogens (primary N) is 6. The van der Waals surface area contributed by atoms with Gasteiger partial charge in [-0.1, -0.05) is 0 Å². The van der Waals surface area contributed by atoms with Crippen LogP contribution in [0.4, 0.5) is 0 Å². The molecule has 0 aliphatic carbocycles. The number of amides is 2. The Bertz CT molecular complexity index is 927. The monoisotopic (exact) mass is 652 g/mol. The SMILES string of the molecule is NC(N)=NCCCC(N)C(=O)NC[C@H]1O[C@H](O[C@H]2O[C@H](CNC(=O)C(N)CCCN=C(N)N)[C@@H](O)[C@H](O)[C@H]2O)[C@H](O)[C@@H](O)[C@@H]1O. The van der Waals surface area contributed by atoms with Gasteiger partial charge >= 0.3 is 0 Å². The van der Waals surface area contributed by atoms with E-state index >= 15 is 0 Å². The lowest BCUT2D eigenvalue weighted by Gasteiger charge is -2.45. The van der Waals surface area contributed by atoms with Gasteiger partial charge < -0.3 is 89.9 Å². The van der Waals surface area contributed by atoms with E-state index < -0.39 is 85.3 Å². The van der Waals surface area contributed by atoms with E-state index in [4.69, 9.17) is 48.6 Å². The van der Waals surface area contributed by atoms with Crippen molar-refractivity contribution in [1.82, 2.24) is 10.6 Å². The molecule has 0 aromatic heterocycles. The summed E-state index contributed by atoms with van der Waals surface area (Å²) < 4.78 is 16.6. The third kappa shape index (κ3) is 11.7. The number of nitrogens with zero attached hydrogens (tertiary/aromatic N) is 2. The molecule has 12 atom stereocenters. The van der Waals surface area contributed by atoms with Crippen LogP contribution in [-0.2, 0) is 23.8 Å². The summed E-state index contributed by atoms with van der Waals surface area (Å²) in [5, 5.41) is 67.5. The average molecular weight is 653 g/mol. The summed E-state index contributed by atoms with van der Waals surface area (Å²) >= 11 is 0. The predicted molar refractivity (Wildman–Crippen MR) is 156 cm³/mol. The second-order valence-corrected chi connectivity index (χ2v) is 10.8. The quantitative estimate of drug-likeness (QED) is 0.0418. The molecule has 21 nitrogen and oxygen atoms in total. The molecule has 2 unspecified atom stereocenters. The van der Waals surface area contributed by atoms with Crippen molar-refractivity contribution in [3.05, 3.63) is 0 Å². The number of aliphatic imine (C=N–C) groups is 2. The molecule has 20 N–H and O–H groups in total. The number of aliphatic hydroxyl groups excluding tert-OH is 6. The predicted octanol–water partition coefficient (Wildman–Crippen LogP) is -8.39. The molecule has 2 amide bonds. The van der Waals surface area contributed by atoms with Gasteiger partial charge in [0.2, 0.25) is 11.8 Å². The van der Waals surface area contributed by atoms with Crippen molar-refractivity contribution in [2.75, 3.05) is 26.2 Å². The Morgan fingerprint density at radius 2 is 1.00 bits per heavy atom. The smallest absolute Gasteiger partial charge is 0.237 e. The molecule has 0 aromatic carbocycles. The molecular formula is C24H48N10O11. The lowest BCUT2D eigenvalue weighted by Crippen LogP contribution is -2.65. The average Bonchev–Trinajstić information content (AvgIpc) is 2.99. The van der Waals surface area contributed by atoms with Crippen molar-refractivity contribution >= 4 is 23.7 Å². The van der Waals surface area contributed by atoms with Crippen LogP contribution in [0.25, 0.3) is 0 Å². The lowest BCUT2D eigenvalue weighted by atomic mass is 9.97. The Morgan fingerprint density at radius 3 is 1.33 bits per heavy atom. The van der Waals surface area contributed by atoms with E-state index in [0.29, 0.717) is 12.8 Å². The highest BCUT2D eigenvalue weighted by Crippen LogP contribution is 2.28. The van der Waals surface area contributed by atoms with Crippen molar-refractivity contribution < 1.29 is 54.4 Å². The minimum Gasteiger partial charge on any atom is -0.388 e. The number of ether oxygens (including phenoxy) is 3. The van der Waals surface area contributed by atoms with Crippen LogP contribution in [0.15, 0.2) is 9.98 Å². The summed E-state index contributed by atoms with van der Waals surface area (Å²) in [4.78, 5) is 32.4. The van der Waals surface area contributed by atoms with Gasteiger partial charge in [0, 0.05) is 26.2 Å². The number of rotatable bonds is 16. The molecule has 0 aromatic rings. The standard InChI is InChI=1S/C24H48N10O11/c25-9(3-1-5-31-23(27)28)19(41)33-7-11-13(35)15(37)17(39)21(43-11)45-22-18(40)16(38)14(36)12(44-22)8-34-20(42)10(26)4-2-6-32-24(29)30/h9-18,21-22,35-40H,1-8,25-26H2,(H,33,41)(H,34,42)(H4,27,28,31)(H4,29,30,32)/t9?,10?,11-,12-,13-,14-,15+,16+,17-,18-,21-,22-/m1/s1. The van der Waals surface area contributed by atoms with Crippen molar-refractivity contribution in [2.45, 2.75) is 99.2 Å². The molecule has 2 aliphatic rings. The Kier molecular flexibility index (Phi) is 15.5. The van der Waals surface area contributed by atoms with E-state index in [1.165, 1.54) is 0 Å². The molecule has 2 fully saturated rings. The summed E-state index contributed by atoms with van der Waals surface area (Å²) in [6, 6.07) is -1.89. The number of aliphatic hydroxyl groups is 6. The third-order valence-electron chi connectivity index (χ3n) is 7.17. The highest BCUT2D eigenvalue weighted by atomic mass is 16.8. The molecule has 260 valence electrons. The van der Waals surface area contributed by atoms with Gasteiger partial charge in [-0.3, -0.25) is 19.6 Å². The summed E-state index contributed by atoms with van der Waals surface area (Å²) in [7, 11) is 0. The van der Waals surface area contributed by atoms with Crippen LogP contribution in [0.1, 0.15) is 25.7 Å². The Balaban J connectivity index is 1.95. The molecule has 21 heteroatoms. The van der Waals surface area contributed by atoms with Crippen LogP contribution >= 0.6 is 0 Å². The first-order valence-corrected chi connectivity index (χ1v) is 14.4. The molecule has 45 heavy (non-hydrogen) atoms. The molecule has 0 radical (unpaired) electrons. The van der Waals surface area contributed by atoms with E-state index in [1.54, 1.807) is 0 Å². The Labute approximate surface area is 258 Å². The maximum absolute atomic E-state index is 12.4. The number of carbonyl (C=O) groups excluding carboxylic acids is 2. The van der Waals surface area contributed by atoms with Crippen LogP contribution in [0, 0.1) is 0 Å². The van der Waals surface area contributed by atoms with Crippen molar-refractivity contribution in [3.63, 3.8) is 0 Å². The molecule has 0 saturated carbocycles. The number of guanidine groups is 2. The molecule has 2 rings (SSSR count). The number of hydrogen-bond donors (Lipinski definition) is 14. The second kappa shape index (κ2) is 18.3. The van der Waals surface area contributed by atoms with Crippen molar-refractivity contribution in [3.8, 4) is 0 Å². The van der Waals surface area contributed by atoms with E-state index in [9.17, 15) is 40.2 Å². The molecule has 0 spiro atoms. The zero-order valence-electron chi connectivity index (χ0n) is 24.7. The van der Waals surface area contributed by atoms with Crippen LogP contribution in [0.2, 0.25) is 0 Å². The fraction of sp³-hybridized carbons (Fsp3) is 0.833. The van der Waals surface area contributed by atoms with Crippen LogP contribution in [-0.4, -0.2) is 154 Å². The fourth-order valence-corrected chi connectivity index (χ4v) is 4.49. The molecule has 0 bridgehead atoms. The zero-order valence-corrected chi connectivity index (χ0v) is 24.7. The highest BCUT2D eigenvalue weighted by Gasteiger charge is 2.49. The normalized spacial score (nSPS) is 33.0. The maximum Gasteiger partial charge on any atom is 0.237 e. The molecule has 2 saturated heterocycles. The van der Waals surface area contributed by atoms with Crippen molar-refractivity contribution in [1.29, 1.82) is 0 Å². The van der Waals surface area contributed by atoms with Gasteiger partial charge in [-0.25, -0.2) is 0 Å². The topological polar surface area (TPSA) is 388 Å². The van der Waals surface area contributed by atoms with Gasteiger partial charge in [-0.05, 0) is 25.7 Å². The first-order chi connectivity index (χ1) is 21.1. The first kappa shape index (κ1) is 38.2. The van der Waals surface area contributed by atoms with E-state index in [-0.39, 0.29) is 50.9 Å². The molecule has 2 heterocycles. The van der Waals surface area contributed by atoms with Gasteiger partial charge in [0.05, 0.1) is 12.1 Å². The van der Waals surface area contributed by atoms with Gasteiger partial charge in [0.15, 0.2) is 24.5 Å². The van der Waals surface area contributed by atoms with Gasteiger partial charge in [-0.2, -0.15) is 0 Å². The Morgan fingerprint density at radius 1 is 0.644 bits per heavy atom. The second-order valence-electron chi connectivity index (χ2n) is 10.8. The summed E-state index contributed by atoms with van der Waals surface area (Å²) in [6.45, 7) is -0.191. The maximum atomic E-state index is 12.4. The van der Waals surface area contributed by atoms with Gasteiger partial charge in [-0.15, -0.1) is 0 Å². The van der Waals surface area contributed by atoms with E-state index in [0.717, 1.165) is 0 Å². The van der Waals surface area contributed by atoms with Crippen LogP contribution in [0.3, 0.4) is 0 Å². The zero-order chi connectivity index (χ0) is 33.8. The summed E-state index contributed by atoms with van der Waals surface area (Å²) in [5.74, 6) is -1.40. The number of carbonyl (C=O) groups is 2. The largest absolute Gasteiger partial charge is 0.388 e. The number of hydrogen-bond acceptors (Lipinski definition) is 15. The van der Waals surface area contributed by atoms with Crippen LogP contribution < -0.4 is 45.0 Å². The summed E-state index contributed by atoms with van der Waals surface area (Å²) in [6.07, 6.45) is -15.5. The lowest BCUT2D eigenvalue weighted by molar-refractivity contribution is -0.372. The van der Waals surface area contributed by atoms with Crippen LogP contribution in [0.5, 0.6) is 0 Å². The van der Waals surface area contributed by atoms with Gasteiger partial charge in [0.1, 0.15) is 48.8 Å². The first-order valence-electron chi connectivity index (χ1n) is 14.4. The highest BCUT2D eigenvalue weighted by molar-refractivity contribution is 5.82. The summed E-state index contributed by atoms with van der Waals surface area (Å²) in [5.41, 5.74) is 32.7. The third-order valence-corrected chi connectivity index (χ3v) is 7.17. The molecule has 2 aliphatic heterocycles. The fourth-order valence-electron chi connectivity index (χ4n) is 4.49. The minimum atomic E-state index is -1.86. The van der Waals surface area contributed by atoms with Crippen molar-refractivity contribution in [2.24, 2.45) is 44.4 Å². The van der Waals surface area contributed by atoms with E-state index in [1.807, 2.05) is 0 Å².